The third-order valence-corrected chi connectivity index (χ3v) is 6.19. The van der Waals surface area contributed by atoms with Crippen LogP contribution in [0.25, 0.3) is 0 Å². The van der Waals surface area contributed by atoms with E-state index in [-0.39, 0.29) is 66.7 Å². The zero-order chi connectivity index (χ0) is 27.8. The zero-order valence-electron chi connectivity index (χ0n) is 22.2. The molecule has 2 aliphatic heterocycles. The fourth-order valence-corrected chi connectivity index (χ4v) is 4.33. The summed E-state index contributed by atoms with van der Waals surface area (Å²) in [6.07, 6.45) is 9.48. The first-order chi connectivity index (χ1) is 18.0. The molecule has 0 spiro atoms. The van der Waals surface area contributed by atoms with Crippen molar-refractivity contribution in [1.82, 2.24) is 15.2 Å². The van der Waals surface area contributed by atoms with E-state index in [0.717, 1.165) is 11.8 Å². The molecule has 0 radical (unpaired) electrons. The molecule has 1 aromatic heterocycles. The summed E-state index contributed by atoms with van der Waals surface area (Å²) in [5, 5.41) is 13.0. The predicted molar refractivity (Wildman–Crippen MR) is 139 cm³/mol. The van der Waals surface area contributed by atoms with Gasteiger partial charge >= 0.3 is 5.97 Å². The highest BCUT2D eigenvalue weighted by Crippen LogP contribution is 2.24. The summed E-state index contributed by atoms with van der Waals surface area (Å²) < 4.78 is 11.1. The van der Waals surface area contributed by atoms with Gasteiger partial charge in [-0.25, -0.2) is 9.78 Å². The summed E-state index contributed by atoms with van der Waals surface area (Å²) in [6, 6.07) is 0. The third-order valence-electron chi connectivity index (χ3n) is 6.19. The van der Waals surface area contributed by atoms with Crippen molar-refractivity contribution in [3.8, 4) is 0 Å². The van der Waals surface area contributed by atoms with E-state index in [1.165, 1.54) is 11.0 Å². The quantitative estimate of drug-likeness (QED) is 0.534. The lowest BCUT2D eigenvalue weighted by Gasteiger charge is -2.27. The highest BCUT2D eigenvalue weighted by molar-refractivity contribution is 6.00. The number of hydrogen-bond donors (Lipinski definition) is 2. The number of oxazole rings is 1. The Bertz CT molecular complexity index is 1170. The van der Waals surface area contributed by atoms with Gasteiger partial charge in [0, 0.05) is 25.4 Å². The van der Waals surface area contributed by atoms with Gasteiger partial charge in [-0.3, -0.25) is 14.4 Å². The number of aliphatic hydroxyl groups is 1. The SMILES string of the molecule is CC1=C[C@@H](O)CC(=O)Cc2nc(co2)C(=O)N2CCC=C2C(=O)OC(C(C)C)[C@H](C)/C=C/C(=O)NCC=C1. The summed E-state index contributed by atoms with van der Waals surface area (Å²) >= 11 is 0. The molecule has 0 aliphatic carbocycles. The van der Waals surface area contributed by atoms with Crippen LogP contribution in [0.15, 0.2) is 58.4 Å². The number of rotatable bonds is 1. The van der Waals surface area contributed by atoms with Crippen molar-refractivity contribution >= 4 is 23.6 Å². The van der Waals surface area contributed by atoms with Gasteiger partial charge < -0.3 is 24.5 Å². The molecule has 0 saturated heterocycles. The van der Waals surface area contributed by atoms with E-state index in [2.05, 4.69) is 10.3 Å². The van der Waals surface area contributed by atoms with Crippen LogP contribution < -0.4 is 5.32 Å². The molecule has 1 aromatic rings. The summed E-state index contributed by atoms with van der Waals surface area (Å²) in [7, 11) is 0. The second kappa shape index (κ2) is 13.1. The first kappa shape index (κ1) is 28.8. The summed E-state index contributed by atoms with van der Waals surface area (Å²) in [5.74, 6) is -2.07. The van der Waals surface area contributed by atoms with Crippen molar-refractivity contribution in [2.45, 2.75) is 59.2 Å². The number of amides is 2. The van der Waals surface area contributed by atoms with E-state index in [4.69, 9.17) is 9.15 Å². The van der Waals surface area contributed by atoms with Crippen molar-refractivity contribution < 1.29 is 33.4 Å². The summed E-state index contributed by atoms with van der Waals surface area (Å²) in [5.41, 5.74) is 0.809. The van der Waals surface area contributed by atoms with Crippen LogP contribution >= 0.6 is 0 Å². The van der Waals surface area contributed by atoms with Crippen molar-refractivity contribution in [1.29, 1.82) is 0 Å². The Morgan fingerprint density at radius 2 is 1.95 bits per heavy atom. The number of hydrogen-bond acceptors (Lipinski definition) is 8. The number of ether oxygens (including phenoxy) is 1. The Morgan fingerprint density at radius 1 is 1.18 bits per heavy atom. The minimum atomic E-state index is -1.01. The molecule has 10 heteroatoms. The second-order valence-corrected chi connectivity index (χ2v) is 9.84. The van der Waals surface area contributed by atoms with Gasteiger partial charge in [0.25, 0.3) is 5.91 Å². The topological polar surface area (TPSA) is 139 Å². The summed E-state index contributed by atoms with van der Waals surface area (Å²) in [6.45, 7) is 8.00. The number of cyclic esters (lactones) is 1. The number of allylic oxidation sites excluding steroid dienone is 2. The van der Waals surface area contributed by atoms with E-state index in [1.54, 1.807) is 37.3 Å². The van der Waals surface area contributed by atoms with Gasteiger partial charge in [-0.1, -0.05) is 56.7 Å². The number of Topliss-reactive ketones (excluding diaryl/α,β-unsaturated/α-hetero) is 1. The smallest absolute Gasteiger partial charge is 0.355 e. The maximum Gasteiger partial charge on any atom is 0.355 e. The van der Waals surface area contributed by atoms with Crippen LogP contribution in [0, 0.1) is 11.8 Å². The number of nitrogens with zero attached hydrogens (tertiary/aromatic N) is 2. The van der Waals surface area contributed by atoms with Gasteiger partial charge in [-0.05, 0) is 25.3 Å². The molecule has 2 amide bonds. The Balaban J connectivity index is 1.86. The molecule has 10 nitrogen and oxygen atoms in total. The van der Waals surface area contributed by atoms with Crippen LogP contribution in [0.4, 0.5) is 0 Å². The number of carbonyl (C=O) groups is 4. The maximum atomic E-state index is 13.1. The van der Waals surface area contributed by atoms with E-state index < -0.39 is 24.1 Å². The van der Waals surface area contributed by atoms with Crippen molar-refractivity contribution in [2.75, 3.05) is 13.1 Å². The van der Waals surface area contributed by atoms with E-state index in [9.17, 15) is 24.3 Å². The second-order valence-electron chi connectivity index (χ2n) is 9.84. The third kappa shape index (κ3) is 7.85. The monoisotopic (exact) mass is 525 g/mol. The molecule has 2 bridgehead atoms. The molecule has 3 rings (SSSR count). The van der Waals surface area contributed by atoms with Crippen molar-refractivity contribution in [3.63, 3.8) is 0 Å². The largest absolute Gasteiger partial charge is 0.457 e. The molecule has 0 fully saturated rings. The number of aliphatic hydroxyl groups excluding tert-OH is 1. The van der Waals surface area contributed by atoms with Crippen molar-refractivity contribution in [2.24, 2.45) is 11.8 Å². The fraction of sp³-hybridized carbons (Fsp3) is 0.464. The standard InChI is InChI=1S/C28H35N3O7/c1-17(2)26-19(4)9-10-24(34)29-11-5-7-18(3)13-20(32)14-21(33)15-25-30-22(16-37-25)27(35)31-12-6-8-23(31)28(36)38-26/h5,7-10,13,16-17,19-20,26,32H,6,11-12,14-15H2,1-4H3,(H,29,34)/b7-5?,10-9+,18-13?/t19-,20-,26?/m1/s1. The van der Waals surface area contributed by atoms with E-state index >= 15 is 0 Å². The Labute approximate surface area is 222 Å². The van der Waals surface area contributed by atoms with Crippen LogP contribution in [-0.4, -0.2) is 63.9 Å². The fourth-order valence-electron chi connectivity index (χ4n) is 4.33. The highest BCUT2D eigenvalue weighted by atomic mass is 16.5. The molecule has 0 aromatic carbocycles. The van der Waals surface area contributed by atoms with Crippen LogP contribution in [0.3, 0.4) is 0 Å². The summed E-state index contributed by atoms with van der Waals surface area (Å²) in [4.78, 5) is 56.3. The lowest BCUT2D eigenvalue weighted by Crippen LogP contribution is -2.36. The zero-order valence-corrected chi connectivity index (χ0v) is 22.2. The minimum Gasteiger partial charge on any atom is -0.457 e. The van der Waals surface area contributed by atoms with Crippen molar-refractivity contribution in [3.05, 3.63) is 65.6 Å². The molecule has 204 valence electrons. The number of esters is 1. The number of carbonyl (C=O) groups excluding carboxylic acids is 4. The van der Waals surface area contributed by atoms with Gasteiger partial charge in [0.2, 0.25) is 11.8 Å². The lowest BCUT2D eigenvalue weighted by atomic mass is 9.94. The van der Waals surface area contributed by atoms with Gasteiger partial charge in [0.1, 0.15) is 23.8 Å². The lowest BCUT2D eigenvalue weighted by molar-refractivity contribution is -0.149. The van der Waals surface area contributed by atoms with Crippen LogP contribution in [-0.2, 0) is 25.5 Å². The van der Waals surface area contributed by atoms with Crippen LogP contribution in [0.1, 0.15) is 56.9 Å². The van der Waals surface area contributed by atoms with Gasteiger partial charge in [0.05, 0.1) is 12.5 Å². The molecule has 0 saturated carbocycles. The molecule has 3 heterocycles. The average molecular weight is 526 g/mol. The van der Waals surface area contributed by atoms with Gasteiger partial charge in [-0.2, -0.15) is 0 Å². The first-order valence-corrected chi connectivity index (χ1v) is 12.7. The number of aromatic nitrogens is 1. The molecule has 2 N–H and O–H groups in total. The Hall–Kier alpha value is -3.79. The average Bonchev–Trinajstić information content (AvgIpc) is 3.52. The van der Waals surface area contributed by atoms with Gasteiger partial charge in [-0.15, -0.1) is 0 Å². The van der Waals surface area contributed by atoms with E-state index in [1.807, 2.05) is 20.8 Å². The number of ketones is 1. The maximum absolute atomic E-state index is 13.1. The predicted octanol–water partition coefficient (Wildman–Crippen LogP) is 2.66. The number of fused-ring (bicyclic) bond motifs is 3. The van der Waals surface area contributed by atoms with E-state index in [0.29, 0.717) is 6.42 Å². The Kier molecular flexibility index (Phi) is 9.95. The molecule has 1 unspecified atom stereocenters. The van der Waals surface area contributed by atoms with Crippen LogP contribution in [0.5, 0.6) is 0 Å². The van der Waals surface area contributed by atoms with Gasteiger partial charge in [0.15, 0.2) is 5.69 Å². The van der Waals surface area contributed by atoms with Crippen LogP contribution in [0.2, 0.25) is 0 Å². The first-order valence-electron chi connectivity index (χ1n) is 12.7. The molecule has 38 heavy (non-hydrogen) atoms. The Morgan fingerprint density at radius 3 is 2.68 bits per heavy atom. The molecular weight excluding hydrogens is 490 g/mol. The minimum absolute atomic E-state index is 0.0315. The normalized spacial score (nSPS) is 25.4. The highest BCUT2D eigenvalue weighted by Gasteiger charge is 2.33. The molecule has 2 aliphatic rings. The molecular formula is C28H35N3O7. The number of nitrogens with one attached hydrogen (secondary N) is 1. The molecule has 3 atom stereocenters.